The van der Waals surface area contributed by atoms with Crippen molar-refractivity contribution in [2.75, 3.05) is 34.2 Å². The summed E-state index contributed by atoms with van der Waals surface area (Å²) >= 11 is 9.50. The number of carbonyl (C=O) groups is 1. The molecule has 8 fully saturated rings. The molecular weight excluding hydrogens is 1590 g/mol. The molecule has 0 aliphatic heterocycles. The van der Waals surface area contributed by atoms with Crippen molar-refractivity contribution in [1.29, 1.82) is 0 Å². The van der Waals surface area contributed by atoms with E-state index in [0.29, 0.717) is 29.7 Å². The summed E-state index contributed by atoms with van der Waals surface area (Å²) in [5.74, 6) is 7.33. The first kappa shape index (κ1) is 80.5. The summed E-state index contributed by atoms with van der Waals surface area (Å²) in [5, 5.41) is 34.4. The molecule has 0 atom stereocenters. The summed E-state index contributed by atoms with van der Waals surface area (Å²) < 4.78 is 28.7. The van der Waals surface area contributed by atoms with Gasteiger partial charge in [0.05, 0.1) is 20.3 Å². The zero-order chi connectivity index (χ0) is 67.7. The van der Waals surface area contributed by atoms with Gasteiger partial charge in [-0.05, 0) is 224 Å². The number of hydrogen-bond acceptors (Lipinski definition) is 15. The van der Waals surface area contributed by atoms with Gasteiger partial charge in [0.2, 0.25) is 0 Å². The number of ether oxygens (including phenoxy) is 5. The highest BCUT2D eigenvalue weighted by Crippen LogP contribution is 2.63. The van der Waals surface area contributed by atoms with Crippen molar-refractivity contribution in [2.24, 2.45) is 35.5 Å². The second kappa shape index (κ2) is 41.3. The molecule has 13 nitrogen and oxygen atoms in total. The number of benzene rings is 6. The fourth-order valence-corrected chi connectivity index (χ4v) is 56.6. The molecule has 0 amide bonds. The van der Waals surface area contributed by atoms with Crippen LogP contribution in [0.5, 0.6) is 34.5 Å². The minimum absolute atomic E-state index is 0. The monoisotopic (exact) mass is 1660 g/mol. The Kier molecular flexibility index (Phi) is 34.6. The Morgan fingerprint density at radius 3 is 1.41 bits per heavy atom. The molecule has 6 aromatic carbocycles. The summed E-state index contributed by atoms with van der Waals surface area (Å²) in [4.78, 5) is 44.6. The van der Waals surface area contributed by atoms with Gasteiger partial charge >= 0.3 is 18.3 Å². The third-order valence-corrected chi connectivity index (χ3v) is 53.5. The number of rotatable bonds is 13. The van der Waals surface area contributed by atoms with Crippen molar-refractivity contribution >= 4 is 213 Å². The lowest BCUT2D eigenvalue weighted by molar-refractivity contribution is -0.193. The third-order valence-electron chi connectivity index (χ3n) is 18.0. The zero-order valence-electron chi connectivity index (χ0n) is 51.6. The van der Waals surface area contributed by atoms with Gasteiger partial charge in [0.25, 0.3) is 0 Å². The Morgan fingerprint density at radius 2 is 0.948 bits per heavy atom. The molecule has 6 aromatic rings. The van der Waals surface area contributed by atoms with Gasteiger partial charge in [0.1, 0.15) is 34.5 Å². The van der Waals surface area contributed by atoms with Crippen molar-refractivity contribution in [3.63, 3.8) is 0 Å². The zero-order valence-corrected chi connectivity index (χ0v) is 67.1. The summed E-state index contributed by atoms with van der Waals surface area (Å²) in [6, 6.07) is 29.8. The predicted molar refractivity (Wildman–Crippen MR) is 431 cm³/mol. The van der Waals surface area contributed by atoms with E-state index in [2.05, 4.69) is 55.5 Å². The number of aromatic hydroxyl groups is 3. The number of esters is 1. The van der Waals surface area contributed by atoms with Crippen LogP contribution >= 0.6 is 0 Å². The fraction of sp³-hybridized carbons (Fsp3) is 0.453. The van der Waals surface area contributed by atoms with Crippen molar-refractivity contribution in [3.8, 4) is 56.8 Å². The van der Waals surface area contributed by atoms with E-state index in [1.54, 1.807) is 172 Å². The van der Waals surface area contributed by atoms with Crippen LogP contribution in [-0.2, 0) is 224 Å². The van der Waals surface area contributed by atoms with Gasteiger partial charge in [0, 0.05) is 220 Å². The number of phenols is 3. The third kappa shape index (κ3) is 22.3. The standard InChI is InChI=1S/C35H42O6.C26H26O3.2CO2.CH4.S19/c1-5-23-13-30-31(34(14-23)41-22(2)36)15-27(16-33(30)38-4)29-17-28(6-7-32(29)40-21-39-9-8-37-3)35-18-24-10-25(19-35)12-26(11-24)20-35;27-23-3-1-2-20-22(23)9-18(10-25(20)29)21-11-19(4-5-24(21)28)26-12-15-6-16(13-26)8-17(7-15)14-26;2*2-1-3;;1-3-5-7-9-11-13-15-17-19-18-16-14-12-10-8-6-4-2/h6-7,13-17,24-26H,5,8-12,18-21H2,1-4H3;1-5,9-11,15-17,27-29H,6-8,12-14H2;;;1H4;. The van der Waals surface area contributed by atoms with Crippen LogP contribution in [0.15, 0.2) is 91.0 Å². The Bertz CT molecular complexity index is 4550. The largest absolute Gasteiger partial charge is 0.507 e. The molecule has 520 valence electrons. The maximum absolute atomic E-state index is 12.1. The first-order valence-corrected chi connectivity index (χ1v) is 53.7. The smallest absolute Gasteiger partial charge is 0.373 e. The van der Waals surface area contributed by atoms with E-state index in [1.165, 1.54) is 113 Å². The summed E-state index contributed by atoms with van der Waals surface area (Å²) in [7, 11) is 32.3. The number of hydrogen-bond donors (Lipinski definition) is 3. The van der Waals surface area contributed by atoms with Crippen LogP contribution in [0.25, 0.3) is 43.8 Å². The molecule has 0 heterocycles. The molecule has 0 aromatic heterocycles. The van der Waals surface area contributed by atoms with Gasteiger partial charge in [-0.15, -0.1) is 0 Å². The number of carbonyl (C=O) groups excluding carboxylic acids is 5. The summed E-state index contributed by atoms with van der Waals surface area (Å²) in [6.45, 7) is 4.65. The van der Waals surface area contributed by atoms with Crippen molar-refractivity contribution in [1.82, 2.24) is 0 Å². The van der Waals surface area contributed by atoms with Gasteiger partial charge < -0.3 is 39.0 Å². The molecule has 8 aliphatic carbocycles. The Hall–Kier alpha value is -2.83. The lowest BCUT2D eigenvalue weighted by Crippen LogP contribution is -2.48. The molecule has 0 spiro atoms. The van der Waals surface area contributed by atoms with Crippen LogP contribution < -0.4 is 14.2 Å². The lowest BCUT2D eigenvalue weighted by Gasteiger charge is -2.57. The maximum Gasteiger partial charge on any atom is 0.373 e. The van der Waals surface area contributed by atoms with E-state index in [1.807, 2.05) is 18.2 Å². The molecule has 96 heavy (non-hydrogen) atoms. The van der Waals surface area contributed by atoms with Crippen LogP contribution in [0.2, 0.25) is 0 Å². The van der Waals surface area contributed by atoms with E-state index >= 15 is 0 Å². The summed E-state index contributed by atoms with van der Waals surface area (Å²) in [5.41, 5.74) is 7.77. The number of aryl methyl sites for hydroxylation is 1. The quantitative estimate of drug-likeness (QED) is 0.0428. The highest BCUT2D eigenvalue weighted by molar-refractivity contribution is 8.78. The van der Waals surface area contributed by atoms with Crippen LogP contribution in [0.4, 0.5) is 0 Å². The van der Waals surface area contributed by atoms with Crippen molar-refractivity contribution in [3.05, 3.63) is 108 Å². The van der Waals surface area contributed by atoms with E-state index < -0.39 is 0 Å². The van der Waals surface area contributed by atoms with Crippen LogP contribution in [0, 0.1) is 35.5 Å². The van der Waals surface area contributed by atoms with Crippen molar-refractivity contribution < 1.29 is 63.0 Å². The van der Waals surface area contributed by atoms with Crippen LogP contribution in [-0.4, -0.2) is 67.8 Å². The molecule has 8 aliphatic rings. The molecule has 3 N–H and O–H groups in total. The topological polar surface area (TPSA) is 192 Å². The molecule has 14 rings (SSSR count). The molecule has 8 saturated carbocycles. The predicted octanol–water partition coefficient (Wildman–Crippen LogP) is 13.0. The molecule has 8 bridgehead atoms. The Labute approximate surface area is 618 Å². The first-order valence-electron chi connectivity index (χ1n) is 29.7. The van der Waals surface area contributed by atoms with E-state index in [4.69, 9.17) is 65.2 Å². The van der Waals surface area contributed by atoms with Crippen LogP contribution in [0.1, 0.15) is 115 Å². The second-order valence-corrected chi connectivity index (χ2v) is 53.6. The minimum Gasteiger partial charge on any atom is -0.507 e. The van der Waals surface area contributed by atoms with Gasteiger partial charge in [-0.25, -0.2) is 0 Å². The van der Waals surface area contributed by atoms with Gasteiger partial charge in [-0.2, -0.15) is 19.2 Å². The minimum atomic E-state index is -0.343. The second-order valence-electron chi connectivity index (χ2n) is 23.5. The summed E-state index contributed by atoms with van der Waals surface area (Å²) in [6.07, 6.45) is 17.4. The molecule has 0 radical (unpaired) electrons. The highest BCUT2D eigenvalue weighted by Gasteiger charge is 2.53. The molecule has 32 heteroatoms. The Balaban J connectivity index is 0.000000207. The van der Waals surface area contributed by atoms with Gasteiger partial charge in [0.15, 0.2) is 6.79 Å². The lowest BCUT2D eigenvalue weighted by atomic mass is 9.48. The average Bonchev–Trinajstić information content (AvgIpc) is 0.741. The average molecular weight is 1660 g/mol. The van der Waals surface area contributed by atoms with E-state index in [-0.39, 0.29) is 60.6 Å². The SMILES string of the molecule is C.CCc1cc(OC(C)=O)c2cc(-c3cc(C45CC6CC(CC(C6)C4)C5)ccc3OCOCCOC)cc(OC)c2c1.O=C=O.O=C=O.Oc1ccc(C23CC4CC(CC(C4)C2)C3)cc1-c1cc(O)c2cccc(O)c2c1.S=S=S=S=S=S=S=S=S=S=S=S=S=S=S=S=S=S=S. The number of methoxy groups -OCH3 is 2. The molecular formula is C64H72O13S19. The number of phenolic OH excluding ortho intramolecular Hbond substituents is 3. The maximum atomic E-state index is 12.1. The normalized spacial score (nSPS) is 21.2. The molecule has 0 unspecified atom stereocenters. The fourth-order valence-electron chi connectivity index (χ4n) is 15.4. The van der Waals surface area contributed by atoms with Gasteiger partial charge in [-0.3, -0.25) is 4.79 Å². The highest BCUT2D eigenvalue weighted by atomic mass is 33.5. The van der Waals surface area contributed by atoms with Crippen molar-refractivity contribution in [2.45, 2.75) is 116 Å². The van der Waals surface area contributed by atoms with Gasteiger partial charge in [-0.1, -0.05) is 38.6 Å². The van der Waals surface area contributed by atoms with Crippen LogP contribution in [0.3, 0.4) is 0 Å². The molecule has 0 saturated heterocycles. The number of fused-ring (bicyclic) bond motifs is 2. The first-order chi connectivity index (χ1) is 46.2. The van der Waals surface area contributed by atoms with E-state index in [0.717, 1.165) is 92.0 Å². The Morgan fingerprint density at radius 1 is 0.500 bits per heavy atom. The van der Waals surface area contributed by atoms with E-state index in [9.17, 15) is 20.1 Å².